The SMILES string of the molecule is CC(C)c1noc(NCc2cccc(F)c2)n1. The second-order valence-corrected chi connectivity index (χ2v) is 4.10. The average Bonchev–Trinajstić information content (AvgIpc) is 2.75. The Morgan fingerprint density at radius 2 is 2.24 bits per heavy atom. The van der Waals surface area contributed by atoms with Gasteiger partial charge in [-0.25, -0.2) is 4.39 Å². The highest BCUT2D eigenvalue weighted by molar-refractivity contribution is 5.24. The highest BCUT2D eigenvalue weighted by atomic mass is 19.1. The predicted molar refractivity (Wildman–Crippen MR) is 62.1 cm³/mol. The standard InChI is InChI=1S/C12H14FN3O/c1-8(2)11-15-12(17-16-11)14-7-9-4-3-5-10(13)6-9/h3-6,8H,7H2,1-2H3,(H,14,15,16). The number of hydrogen-bond donors (Lipinski definition) is 1. The fourth-order valence-corrected chi connectivity index (χ4v) is 1.37. The van der Waals surface area contributed by atoms with E-state index in [9.17, 15) is 4.39 Å². The van der Waals surface area contributed by atoms with Crippen molar-refractivity contribution in [1.82, 2.24) is 10.1 Å². The molecule has 0 saturated heterocycles. The zero-order valence-electron chi connectivity index (χ0n) is 9.77. The summed E-state index contributed by atoms with van der Waals surface area (Å²) in [5.41, 5.74) is 0.828. The summed E-state index contributed by atoms with van der Waals surface area (Å²) in [5.74, 6) is 0.632. The fraction of sp³-hybridized carbons (Fsp3) is 0.333. The molecule has 1 N–H and O–H groups in total. The van der Waals surface area contributed by atoms with Crippen LogP contribution in [0.15, 0.2) is 28.8 Å². The van der Waals surface area contributed by atoms with Crippen LogP contribution in [-0.2, 0) is 6.54 Å². The highest BCUT2D eigenvalue weighted by Gasteiger charge is 2.08. The maximum Gasteiger partial charge on any atom is 0.321 e. The molecule has 0 unspecified atom stereocenters. The Balaban J connectivity index is 1.97. The quantitative estimate of drug-likeness (QED) is 0.885. The van der Waals surface area contributed by atoms with Gasteiger partial charge in [-0.1, -0.05) is 31.1 Å². The summed E-state index contributed by atoms with van der Waals surface area (Å²) in [5, 5.41) is 6.78. The van der Waals surface area contributed by atoms with Crippen LogP contribution in [0.2, 0.25) is 0 Å². The van der Waals surface area contributed by atoms with E-state index in [-0.39, 0.29) is 11.7 Å². The van der Waals surface area contributed by atoms with E-state index in [4.69, 9.17) is 4.52 Å². The molecular formula is C12H14FN3O. The lowest BCUT2D eigenvalue weighted by molar-refractivity contribution is 0.419. The first kappa shape index (κ1) is 11.6. The molecule has 0 aliphatic heterocycles. The van der Waals surface area contributed by atoms with Crippen LogP contribution in [0.3, 0.4) is 0 Å². The lowest BCUT2D eigenvalue weighted by Gasteiger charge is -2.01. The van der Waals surface area contributed by atoms with Crippen LogP contribution in [0.25, 0.3) is 0 Å². The van der Waals surface area contributed by atoms with E-state index in [1.807, 2.05) is 19.9 Å². The number of halogens is 1. The molecule has 0 radical (unpaired) electrons. The maximum atomic E-state index is 12.9. The zero-order valence-corrected chi connectivity index (χ0v) is 9.77. The van der Waals surface area contributed by atoms with Gasteiger partial charge in [-0.3, -0.25) is 0 Å². The van der Waals surface area contributed by atoms with Gasteiger partial charge in [0.2, 0.25) is 0 Å². The molecule has 17 heavy (non-hydrogen) atoms. The molecule has 90 valence electrons. The molecule has 0 aliphatic rings. The van der Waals surface area contributed by atoms with Crippen LogP contribution in [0.1, 0.15) is 31.2 Å². The first-order valence-electron chi connectivity index (χ1n) is 5.47. The zero-order chi connectivity index (χ0) is 12.3. The Morgan fingerprint density at radius 3 is 2.88 bits per heavy atom. The largest absolute Gasteiger partial charge is 0.334 e. The van der Waals surface area contributed by atoms with Gasteiger partial charge < -0.3 is 9.84 Å². The van der Waals surface area contributed by atoms with Crippen molar-refractivity contribution in [2.24, 2.45) is 0 Å². The van der Waals surface area contributed by atoms with Gasteiger partial charge in [0.15, 0.2) is 5.82 Å². The first-order chi connectivity index (χ1) is 8.15. The minimum absolute atomic E-state index is 0.225. The molecule has 1 aromatic carbocycles. The number of anilines is 1. The van der Waals surface area contributed by atoms with Crippen molar-refractivity contribution in [3.63, 3.8) is 0 Å². The normalized spacial score (nSPS) is 10.8. The lowest BCUT2D eigenvalue weighted by atomic mass is 10.2. The van der Waals surface area contributed by atoms with Gasteiger partial charge in [0.1, 0.15) is 5.82 Å². The van der Waals surface area contributed by atoms with Crippen molar-refractivity contribution in [3.8, 4) is 0 Å². The van der Waals surface area contributed by atoms with E-state index < -0.39 is 0 Å². The number of nitrogens with one attached hydrogen (secondary N) is 1. The lowest BCUT2D eigenvalue weighted by Crippen LogP contribution is -2.00. The molecule has 0 fully saturated rings. The number of aromatic nitrogens is 2. The summed E-state index contributed by atoms with van der Waals surface area (Å²) >= 11 is 0. The summed E-state index contributed by atoms with van der Waals surface area (Å²) in [6.07, 6.45) is 0. The number of nitrogens with zero attached hydrogens (tertiary/aromatic N) is 2. The summed E-state index contributed by atoms with van der Waals surface area (Å²) in [6.45, 7) is 4.43. The summed E-state index contributed by atoms with van der Waals surface area (Å²) in [7, 11) is 0. The molecule has 1 heterocycles. The average molecular weight is 235 g/mol. The predicted octanol–water partition coefficient (Wildman–Crippen LogP) is 2.94. The van der Waals surface area contributed by atoms with Crippen molar-refractivity contribution >= 4 is 6.01 Å². The second kappa shape index (κ2) is 4.95. The van der Waals surface area contributed by atoms with Crippen molar-refractivity contribution in [2.45, 2.75) is 26.3 Å². The van der Waals surface area contributed by atoms with Crippen LogP contribution in [-0.4, -0.2) is 10.1 Å². The Kier molecular flexibility index (Phi) is 3.37. The highest BCUT2D eigenvalue weighted by Crippen LogP contribution is 2.13. The molecule has 0 saturated carbocycles. The summed E-state index contributed by atoms with van der Waals surface area (Å²) in [6, 6.07) is 6.73. The fourth-order valence-electron chi connectivity index (χ4n) is 1.37. The number of hydrogen-bond acceptors (Lipinski definition) is 4. The van der Waals surface area contributed by atoms with E-state index in [0.29, 0.717) is 18.4 Å². The maximum absolute atomic E-state index is 12.9. The van der Waals surface area contributed by atoms with Crippen LogP contribution in [0.5, 0.6) is 0 Å². The van der Waals surface area contributed by atoms with E-state index in [0.717, 1.165) is 5.56 Å². The Morgan fingerprint density at radius 1 is 1.41 bits per heavy atom. The molecule has 0 bridgehead atoms. The molecule has 0 aliphatic carbocycles. The molecule has 0 atom stereocenters. The smallest absolute Gasteiger partial charge is 0.321 e. The number of benzene rings is 1. The monoisotopic (exact) mass is 235 g/mol. The van der Waals surface area contributed by atoms with Gasteiger partial charge in [0, 0.05) is 12.5 Å². The van der Waals surface area contributed by atoms with Crippen LogP contribution in [0, 0.1) is 5.82 Å². The van der Waals surface area contributed by atoms with Gasteiger partial charge in [0.05, 0.1) is 0 Å². The number of rotatable bonds is 4. The summed E-state index contributed by atoms with van der Waals surface area (Å²) < 4.78 is 17.9. The van der Waals surface area contributed by atoms with Crippen LogP contribution >= 0.6 is 0 Å². The third-order valence-corrected chi connectivity index (χ3v) is 2.29. The van der Waals surface area contributed by atoms with Crippen LogP contribution < -0.4 is 5.32 Å². The minimum atomic E-state index is -0.252. The minimum Gasteiger partial charge on any atom is -0.334 e. The molecule has 1 aromatic heterocycles. The van der Waals surface area contributed by atoms with Gasteiger partial charge in [-0.2, -0.15) is 4.98 Å². The third-order valence-electron chi connectivity index (χ3n) is 2.29. The van der Waals surface area contributed by atoms with Crippen LogP contribution in [0.4, 0.5) is 10.4 Å². The van der Waals surface area contributed by atoms with E-state index >= 15 is 0 Å². The summed E-state index contributed by atoms with van der Waals surface area (Å²) in [4.78, 5) is 4.16. The molecule has 5 heteroatoms. The van der Waals surface area contributed by atoms with Crippen molar-refractivity contribution in [1.29, 1.82) is 0 Å². The molecule has 2 aromatic rings. The van der Waals surface area contributed by atoms with E-state index in [1.54, 1.807) is 6.07 Å². The van der Waals surface area contributed by atoms with Crippen molar-refractivity contribution in [3.05, 3.63) is 41.5 Å². The Labute approximate surface area is 98.8 Å². The van der Waals surface area contributed by atoms with Gasteiger partial charge in [0.25, 0.3) is 0 Å². The van der Waals surface area contributed by atoms with E-state index in [2.05, 4.69) is 15.5 Å². The molecular weight excluding hydrogens is 221 g/mol. The topological polar surface area (TPSA) is 51.0 Å². The Bertz CT molecular complexity index is 496. The van der Waals surface area contributed by atoms with E-state index in [1.165, 1.54) is 12.1 Å². The van der Waals surface area contributed by atoms with Crippen molar-refractivity contribution in [2.75, 3.05) is 5.32 Å². The Hall–Kier alpha value is -1.91. The van der Waals surface area contributed by atoms with Gasteiger partial charge >= 0.3 is 6.01 Å². The molecule has 0 amide bonds. The van der Waals surface area contributed by atoms with Gasteiger partial charge in [-0.05, 0) is 17.7 Å². The second-order valence-electron chi connectivity index (χ2n) is 4.10. The van der Waals surface area contributed by atoms with Gasteiger partial charge in [-0.15, -0.1) is 0 Å². The van der Waals surface area contributed by atoms with Crippen molar-refractivity contribution < 1.29 is 8.91 Å². The molecule has 2 rings (SSSR count). The third kappa shape index (κ3) is 3.03. The molecule has 4 nitrogen and oxygen atoms in total. The molecule has 0 spiro atoms. The first-order valence-corrected chi connectivity index (χ1v) is 5.47.